The van der Waals surface area contributed by atoms with Gasteiger partial charge in [0.25, 0.3) is 0 Å². The molecule has 5 nitrogen and oxygen atoms in total. The molecule has 0 saturated heterocycles. The van der Waals surface area contributed by atoms with Crippen molar-refractivity contribution in [1.82, 2.24) is 15.0 Å². The van der Waals surface area contributed by atoms with Crippen LogP contribution in [0, 0.1) is 0 Å². The van der Waals surface area contributed by atoms with Crippen molar-refractivity contribution in [2.75, 3.05) is 12.4 Å². The number of fused-ring (bicyclic) bond motifs is 1. The summed E-state index contributed by atoms with van der Waals surface area (Å²) < 4.78 is 5.65. The number of rotatable bonds is 3. The van der Waals surface area contributed by atoms with Gasteiger partial charge in [-0.05, 0) is 12.1 Å². The van der Waals surface area contributed by atoms with E-state index >= 15 is 0 Å². The van der Waals surface area contributed by atoms with E-state index in [1.807, 2.05) is 30.3 Å². The van der Waals surface area contributed by atoms with Gasteiger partial charge in [0.2, 0.25) is 5.88 Å². The standard InChI is InChI=1S/C14H12N4O/c1-15-13-8-16-9-14(18-13)19-11-6-10-4-2-3-5-12(10)17-7-11/h2-9H,1H3,(H,15,18). The molecule has 0 aliphatic heterocycles. The van der Waals surface area contributed by atoms with Crippen molar-refractivity contribution < 1.29 is 4.74 Å². The molecule has 0 aliphatic carbocycles. The summed E-state index contributed by atoms with van der Waals surface area (Å²) in [4.78, 5) is 12.6. The quantitative estimate of drug-likeness (QED) is 0.776. The first kappa shape index (κ1) is 11.4. The molecule has 0 unspecified atom stereocenters. The zero-order valence-electron chi connectivity index (χ0n) is 10.4. The summed E-state index contributed by atoms with van der Waals surface area (Å²) in [5.41, 5.74) is 0.935. The van der Waals surface area contributed by atoms with Crippen molar-refractivity contribution in [1.29, 1.82) is 0 Å². The predicted octanol–water partition coefficient (Wildman–Crippen LogP) is 2.86. The van der Waals surface area contributed by atoms with Gasteiger partial charge < -0.3 is 10.1 Å². The van der Waals surface area contributed by atoms with Crippen LogP contribution in [0.5, 0.6) is 11.6 Å². The highest BCUT2D eigenvalue weighted by Gasteiger charge is 2.02. The summed E-state index contributed by atoms with van der Waals surface area (Å²) in [7, 11) is 1.78. The molecule has 0 spiro atoms. The number of ether oxygens (including phenoxy) is 1. The number of pyridine rings is 1. The maximum atomic E-state index is 5.65. The smallest absolute Gasteiger partial charge is 0.239 e. The summed E-state index contributed by atoms with van der Waals surface area (Å²) in [6, 6.07) is 9.80. The fourth-order valence-corrected chi connectivity index (χ4v) is 1.75. The Hall–Kier alpha value is -2.69. The van der Waals surface area contributed by atoms with Crippen LogP contribution in [0.15, 0.2) is 48.9 Å². The van der Waals surface area contributed by atoms with Crippen molar-refractivity contribution in [2.45, 2.75) is 0 Å². The minimum absolute atomic E-state index is 0.434. The first-order valence-corrected chi connectivity index (χ1v) is 5.87. The number of nitrogens with one attached hydrogen (secondary N) is 1. The SMILES string of the molecule is CNc1cncc(Oc2cnc3ccccc3c2)n1. The molecule has 5 heteroatoms. The second kappa shape index (κ2) is 4.89. The number of nitrogens with zero attached hydrogens (tertiary/aromatic N) is 3. The Balaban J connectivity index is 1.92. The maximum absolute atomic E-state index is 5.65. The van der Waals surface area contributed by atoms with Gasteiger partial charge in [-0.1, -0.05) is 18.2 Å². The molecule has 0 radical (unpaired) electrons. The van der Waals surface area contributed by atoms with Gasteiger partial charge in [-0.15, -0.1) is 0 Å². The molecule has 0 aliphatic rings. The van der Waals surface area contributed by atoms with Crippen LogP contribution in [-0.4, -0.2) is 22.0 Å². The Bertz CT molecular complexity index is 714. The van der Waals surface area contributed by atoms with E-state index in [0.29, 0.717) is 17.4 Å². The Morgan fingerprint density at radius 1 is 1.11 bits per heavy atom. The highest BCUT2D eigenvalue weighted by molar-refractivity contribution is 5.79. The van der Waals surface area contributed by atoms with E-state index in [0.717, 1.165) is 10.9 Å². The first-order chi connectivity index (χ1) is 9.35. The highest BCUT2D eigenvalue weighted by atomic mass is 16.5. The van der Waals surface area contributed by atoms with Crippen LogP contribution in [0.3, 0.4) is 0 Å². The molecule has 2 heterocycles. The van der Waals surface area contributed by atoms with E-state index in [1.165, 1.54) is 0 Å². The molecule has 19 heavy (non-hydrogen) atoms. The lowest BCUT2D eigenvalue weighted by atomic mass is 10.2. The van der Waals surface area contributed by atoms with Crippen LogP contribution in [-0.2, 0) is 0 Å². The normalized spacial score (nSPS) is 10.4. The Morgan fingerprint density at radius 3 is 2.89 bits per heavy atom. The van der Waals surface area contributed by atoms with Crippen molar-refractivity contribution >= 4 is 16.7 Å². The van der Waals surface area contributed by atoms with Crippen LogP contribution in [0.25, 0.3) is 10.9 Å². The summed E-state index contributed by atoms with van der Waals surface area (Å²) in [6.07, 6.45) is 4.87. The van der Waals surface area contributed by atoms with Gasteiger partial charge in [-0.25, -0.2) is 0 Å². The van der Waals surface area contributed by atoms with Crippen LogP contribution < -0.4 is 10.1 Å². The maximum Gasteiger partial charge on any atom is 0.239 e. The van der Waals surface area contributed by atoms with Gasteiger partial charge in [0.05, 0.1) is 24.1 Å². The van der Waals surface area contributed by atoms with Gasteiger partial charge >= 0.3 is 0 Å². The van der Waals surface area contributed by atoms with Crippen LogP contribution in [0.2, 0.25) is 0 Å². The van der Waals surface area contributed by atoms with E-state index in [-0.39, 0.29) is 0 Å². The third-order valence-electron chi connectivity index (χ3n) is 2.66. The fourth-order valence-electron chi connectivity index (χ4n) is 1.75. The first-order valence-electron chi connectivity index (χ1n) is 5.87. The molecule has 0 fully saturated rings. The average Bonchev–Trinajstić information content (AvgIpc) is 2.47. The number of para-hydroxylation sites is 1. The van der Waals surface area contributed by atoms with E-state index < -0.39 is 0 Å². The van der Waals surface area contributed by atoms with E-state index in [4.69, 9.17) is 4.74 Å². The molecule has 0 amide bonds. The number of aromatic nitrogens is 3. The summed E-state index contributed by atoms with van der Waals surface area (Å²) in [5.74, 6) is 1.73. The Morgan fingerprint density at radius 2 is 2.00 bits per heavy atom. The molecule has 94 valence electrons. The Kier molecular flexibility index (Phi) is 2.94. The molecule has 0 saturated carbocycles. The molecule has 0 atom stereocenters. The fraction of sp³-hybridized carbons (Fsp3) is 0.0714. The van der Waals surface area contributed by atoms with Gasteiger partial charge in [-0.3, -0.25) is 9.97 Å². The molecule has 0 bridgehead atoms. The zero-order chi connectivity index (χ0) is 13.1. The monoisotopic (exact) mass is 252 g/mol. The third kappa shape index (κ3) is 2.44. The van der Waals surface area contributed by atoms with E-state index in [9.17, 15) is 0 Å². The molecular formula is C14H12N4O. The lowest BCUT2D eigenvalue weighted by Crippen LogP contribution is -1.96. The molecular weight excluding hydrogens is 240 g/mol. The second-order valence-electron chi connectivity index (χ2n) is 3.96. The minimum atomic E-state index is 0.434. The highest BCUT2D eigenvalue weighted by Crippen LogP contribution is 2.22. The molecule has 1 N–H and O–H groups in total. The van der Waals surface area contributed by atoms with Crippen LogP contribution in [0.4, 0.5) is 5.82 Å². The van der Waals surface area contributed by atoms with Crippen LogP contribution >= 0.6 is 0 Å². The molecule has 3 rings (SSSR count). The lowest BCUT2D eigenvalue weighted by Gasteiger charge is -2.06. The van der Waals surface area contributed by atoms with Gasteiger partial charge in [0.15, 0.2) is 0 Å². The zero-order valence-corrected chi connectivity index (χ0v) is 10.4. The largest absolute Gasteiger partial charge is 0.436 e. The molecule has 3 aromatic rings. The van der Waals surface area contributed by atoms with Gasteiger partial charge in [0, 0.05) is 12.4 Å². The second-order valence-corrected chi connectivity index (χ2v) is 3.96. The minimum Gasteiger partial charge on any atom is -0.436 e. The molecule has 1 aromatic carbocycles. The third-order valence-corrected chi connectivity index (χ3v) is 2.66. The van der Waals surface area contributed by atoms with E-state index in [1.54, 1.807) is 25.6 Å². The number of benzene rings is 1. The predicted molar refractivity (Wildman–Crippen MR) is 73.4 cm³/mol. The lowest BCUT2D eigenvalue weighted by molar-refractivity contribution is 0.460. The van der Waals surface area contributed by atoms with Crippen molar-refractivity contribution in [3.8, 4) is 11.6 Å². The van der Waals surface area contributed by atoms with E-state index in [2.05, 4.69) is 20.3 Å². The number of hydrogen-bond donors (Lipinski definition) is 1. The van der Waals surface area contributed by atoms with Crippen LogP contribution in [0.1, 0.15) is 0 Å². The topological polar surface area (TPSA) is 59.9 Å². The summed E-state index contributed by atoms with van der Waals surface area (Å²) >= 11 is 0. The Labute approximate surface area is 110 Å². The number of anilines is 1. The van der Waals surface area contributed by atoms with Crippen molar-refractivity contribution in [2.24, 2.45) is 0 Å². The summed E-state index contributed by atoms with van der Waals surface area (Å²) in [6.45, 7) is 0. The molecule has 2 aromatic heterocycles. The van der Waals surface area contributed by atoms with Gasteiger partial charge in [0.1, 0.15) is 11.6 Å². The number of hydrogen-bond acceptors (Lipinski definition) is 5. The summed E-state index contributed by atoms with van der Waals surface area (Å²) in [5, 5.41) is 3.94. The van der Waals surface area contributed by atoms with Crippen molar-refractivity contribution in [3.05, 3.63) is 48.9 Å². The van der Waals surface area contributed by atoms with Gasteiger partial charge in [-0.2, -0.15) is 4.98 Å². The average molecular weight is 252 g/mol. The van der Waals surface area contributed by atoms with Crippen molar-refractivity contribution in [3.63, 3.8) is 0 Å².